The van der Waals surface area contributed by atoms with Gasteiger partial charge in [0.25, 0.3) is 5.91 Å². The van der Waals surface area contributed by atoms with Crippen LogP contribution in [0.4, 0.5) is 0 Å². The van der Waals surface area contributed by atoms with Crippen LogP contribution in [0.5, 0.6) is 0 Å². The molecule has 0 saturated heterocycles. The van der Waals surface area contributed by atoms with Gasteiger partial charge in [0.2, 0.25) is 11.8 Å². The molecule has 0 bridgehead atoms. The van der Waals surface area contributed by atoms with Crippen molar-refractivity contribution in [2.75, 3.05) is 41.3 Å². The predicted octanol–water partition coefficient (Wildman–Crippen LogP) is -0.318. The number of carbonyl (C=O) groups excluding carboxylic acids is 3. The van der Waals surface area contributed by atoms with Gasteiger partial charge in [-0.2, -0.15) is 0 Å². The Kier molecular flexibility index (Phi) is 7.21. The Hall–Kier alpha value is -2.41. The summed E-state index contributed by atoms with van der Waals surface area (Å²) in [5.74, 6) is -0.456. The average molecular weight is 320 g/mol. The number of likely N-dealkylation sites (N-methyl/N-ethyl adjacent to an activating group) is 3. The summed E-state index contributed by atoms with van der Waals surface area (Å²) in [5, 5.41) is 5.05. The minimum Gasteiger partial charge on any atom is -0.358 e. The summed E-state index contributed by atoms with van der Waals surface area (Å²) in [4.78, 5) is 38.0. The Balaban J connectivity index is 2.52. The van der Waals surface area contributed by atoms with Gasteiger partial charge < -0.3 is 15.5 Å². The highest BCUT2D eigenvalue weighted by Gasteiger charge is 2.14. The Bertz CT molecular complexity index is 557. The SMILES string of the molecule is CNC(=O)CN(C)C(=O)CN(C)Cc1ccc(C(=O)NC)cc1. The van der Waals surface area contributed by atoms with Crippen LogP contribution in [0.25, 0.3) is 0 Å². The van der Waals surface area contributed by atoms with Crippen LogP contribution >= 0.6 is 0 Å². The van der Waals surface area contributed by atoms with Gasteiger partial charge in [0.15, 0.2) is 0 Å². The highest BCUT2D eigenvalue weighted by Crippen LogP contribution is 2.07. The van der Waals surface area contributed by atoms with Crippen molar-refractivity contribution in [3.05, 3.63) is 35.4 Å². The van der Waals surface area contributed by atoms with Gasteiger partial charge in [-0.1, -0.05) is 12.1 Å². The van der Waals surface area contributed by atoms with Crippen molar-refractivity contribution < 1.29 is 14.4 Å². The maximum atomic E-state index is 12.0. The lowest BCUT2D eigenvalue weighted by Crippen LogP contribution is -2.41. The lowest BCUT2D eigenvalue weighted by Gasteiger charge is -2.21. The monoisotopic (exact) mass is 320 g/mol. The van der Waals surface area contributed by atoms with Crippen molar-refractivity contribution in [3.8, 4) is 0 Å². The van der Waals surface area contributed by atoms with Crippen LogP contribution in [0.1, 0.15) is 15.9 Å². The van der Waals surface area contributed by atoms with Crippen LogP contribution in [0.2, 0.25) is 0 Å². The van der Waals surface area contributed by atoms with Crippen molar-refractivity contribution in [1.29, 1.82) is 0 Å². The van der Waals surface area contributed by atoms with Gasteiger partial charge in [-0.15, -0.1) is 0 Å². The maximum absolute atomic E-state index is 12.0. The molecule has 0 aliphatic carbocycles. The van der Waals surface area contributed by atoms with Crippen LogP contribution in [0.15, 0.2) is 24.3 Å². The third-order valence-corrected chi connectivity index (χ3v) is 3.39. The van der Waals surface area contributed by atoms with E-state index in [0.717, 1.165) is 5.56 Å². The Morgan fingerprint density at radius 2 is 1.57 bits per heavy atom. The summed E-state index contributed by atoms with van der Waals surface area (Å²) in [6, 6.07) is 7.22. The van der Waals surface area contributed by atoms with Crippen molar-refractivity contribution >= 4 is 17.7 Å². The standard InChI is InChI=1S/C16H24N4O3/c1-17-14(21)10-20(4)15(22)11-19(3)9-12-5-7-13(8-6-12)16(23)18-2/h5-8H,9-11H2,1-4H3,(H,17,21)(H,18,23). The summed E-state index contributed by atoms with van der Waals surface area (Å²) in [6.45, 7) is 0.836. The average Bonchev–Trinajstić information content (AvgIpc) is 2.54. The maximum Gasteiger partial charge on any atom is 0.251 e. The molecule has 1 aromatic rings. The van der Waals surface area contributed by atoms with E-state index < -0.39 is 0 Å². The van der Waals surface area contributed by atoms with Gasteiger partial charge in [-0.25, -0.2) is 0 Å². The molecule has 0 heterocycles. The first-order valence-electron chi connectivity index (χ1n) is 7.31. The largest absolute Gasteiger partial charge is 0.358 e. The van der Waals surface area contributed by atoms with E-state index in [2.05, 4.69) is 10.6 Å². The number of benzene rings is 1. The molecule has 2 N–H and O–H groups in total. The lowest BCUT2D eigenvalue weighted by atomic mass is 10.1. The summed E-state index contributed by atoms with van der Waals surface area (Å²) in [7, 11) is 6.56. The zero-order valence-electron chi connectivity index (χ0n) is 14.0. The molecular weight excluding hydrogens is 296 g/mol. The minimum atomic E-state index is -0.201. The molecule has 0 radical (unpaired) electrons. The van der Waals surface area contributed by atoms with E-state index >= 15 is 0 Å². The fourth-order valence-electron chi connectivity index (χ4n) is 2.01. The summed E-state index contributed by atoms with van der Waals surface area (Å²) >= 11 is 0. The molecule has 0 fully saturated rings. The molecule has 7 nitrogen and oxygen atoms in total. The summed E-state index contributed by atoms with van der Waals surface area (Å²) < 4.78 is 0. The van der Waals surface area contributed by atoms with E-state index in [1.54, 1.807) is 26.2 Å². The first-order chi connectivity index (χ1) is 10.9. The van der Waals surface area contributed by atoms with Gasteiger partial charge in [-0.3, -0.25) is 19.3 Å². The first-order valence-corrected chi connectivity index (χ1v) is 7.31. The third-order valence-electron chi connectivity index (χ3n) is 3.39. The summed E-state index contributed by atoms with van der Waals surface area (Å²) in [6.07, 6.45) is 0. The van der Waals surface area contributed by atoms with Crippen LogP contribution in [-0.2, 0) is 16.1 Å². The lowest BCUT2D eigenvalue weighted by molar-refractivity contribution is -0.135. The van der Waals surface area contributed by atoms with E-state index in [1.807, 2.05) is 24.1 Å². The smallest absolute Gasteiger partial charge is 0.251 e. The van der Waals surface area contributed by atoms with E-state index in [9.17, 15) is 14.4 Å². The van der Waals surface area contributed by atoms with Gasteiger partial charge in [0.1, 0.15) is 0 Å². The van der Waals surface area contributed by atoms with Crippen molar-refractivity contribution in [2.24, 2.45) is 0 Å². The van der Waals surface area contributed by atoms with Crippen LogP contribution in [0.3, 0.4) is 0 Å². The zero-order chi connectivity index (χ0) is 17.4. The zero-order valence-corrected chi connectivity index (χ0v) is 14.0. The van der Waals surface area contributed by atoms with Crippen molar-refractivity contribution in [3.63, 3.8) is 0 Å². The molecule has 23 heavy (non-hydrogen) atoms. The van der Waals surface area contributed by atoms with E-state index in [4.69, 9.17) is 0 Å². The molecule has 0 aliphatic rings. The van der Waals surface area contributed by atoms with Crippen molar-refractivity contribution in [2.45, 2.75) is 6.54 Å². The molecule has 0 aromatic heterocycles. The number of rotatable bonds is 7. The van der Waals surface area contributed by atoms with Gasteiger partial charge >= 0.3 is 0 Å². The molecule has 1 rings (SSSR count). The topological polar surface area (TPSA) is 81.8 Å². The van der Waals surface area contributed by atoms with Crippen LogP contribution < -0.4 is 10.6 Å². The molecule has 1 aromatic carbocycles. The number of hydrogen-bond donors (Lipinski definition) is 2. The molecule has 126 valence electrons. The second kappa shape index (κ2) is 8.89. The quantitative estimate of drug-likeness (QED) is 0.722. The Morgan fingerprint density at radius 1 is 0.957 bits per heavy atom. The molecule has 0 aliphatic heterocycles. The number of nitrogens with zero attached hydrogens (tertiary/aromatic N) is 2. The predicted molar refractivity (Wildman–Crippen MR) is 87.9 cm³/mol. The van der Waals surface area contributed by atoms with Crippen LogP contribution in [0, 0.1) is 0 Å². The molecule has 3 amide bonds. The molecule has 0 spiro atoms. The Labute approximate surface area is 136 Å². The molecular formula is C16H24N4O3. The fraction of sp³-hybridized carbons (Fsp3) is 0.438. The third kappa shape index (κ3) is 6.07. The highest BCUT2D eigenvalue weighted by atomic mass is 16.2. The second-order valence-electron chi connectivity index (χ2n) is 5.37. The van der Waals surface area contributed by atoms with Crippen molar-refractivity contribution in [1.82, 2.24) is 20.4 Å². The fourth-order valence-corrected chi connectivity index (χ4v) is 2.01. The van der Waals surface area contributed by atoms with E-state index in [1.165, 1.54) is 11.9 Å². The van der Waals surface area contributed by atoms with Gasteiger partial charge in [-0.05, 0) is 24.7 Å². The molecule has 0 unspecified atom stereocenters. The highest BCUT2D eigenvalue weighted by molar-refractivity contribution is 5.93. The Morgan fingerprint density at radius 3 is 2.09 bits per heavy atom. The van der Waals surface area contributed by atoms with Gasteiger partial charge in [0, 0.05) is 33.3 Å². The van der Waals surface area contributed by atoms with Crippen LogP contribution in [-0.4, -0.2) is 68.8 Å². The first kappa shape index (κ1) is 18.6. The second-order valence-corrected chi connectivity index (χ2v) is 5.37. The molecule has 0 atom stereocenters. The molecule has 7 heteroatoms. The van der Waals surface area contributed by atoms with Gasteiger partial charge in [0.05, 0.1) is 13.1 Å². The van der Waals surface area contributed by atoms with E-state index in [-0.39, 0.29) is 30.8 Å². The normalized spacial score (nSPS) is 10.3. The number of hydrogen-bond acceptors (Lipinski definition) is 4. The summed E-state index contributed by atoms with van der Waals surface area (Å²) in [5.41, 5.74) is 1.60. The number of amides is 3. The number of carbonyl (C=O) groups is 3. The minimum absolute atomic E-state index is 0.0456. The molecule has 0 saturated carbocycles. The number of nitrogens with one attached hydrogen (secondary N) is 2. The van der Waals surface area contributed by atoms with E-state index in [0.29, 0.717) is 12.1 Å².